The Bertz CT molecular complexity index is 407. The summed E-state index contributed by atoms with van der Waals surface area (Å²) in [5.74, 6) is -0.342. The first-order valence-corrected chi connectivity index (χ1v) is 7.18. The van der Waals surface area contributed by atoms with Crippen LogP contribution >= 0.6 is 11.6 Å². The van der Waals surface area contributed by atoms with E-state index >= 15 is 0 Å². The van der Waals surface area contributed by atoms with Gasteiger partial charge in [0.1, 0.15) is 0 Å². The minimum absolute atomic E-state index is 0.342. The Labute approximate surface area is 120 Å². The summed E-state index contributed by atoms with van der Waals surface area (Å²) in [5, 5.41) is 3.87. The van der Waals surface area contributed by atoms with Crippen molar-refractivity contribution in [2.45, 2.75) is 39.0 Å². The van der Waals surface area contributed by atoms with Gasteiger partial charge in [0.15, 0.2) is 0 Å². The normalized spacial score (nSPS) is 10.3. The first kappa shape index (κ1) is 15.8. The Hall–Kier alpha value is -1.22. The van der Waals surface area contributed by atoms with Crippen LogP contribution in [0.15, 0.2) is 18.2 Å². The van der Waals surface area contributed by atoms with Gasteiger partial charge in [-0.25, -0.2) is 4.79 Å². The fourth-order valence-electron chi connectivity index (χ4n) is 1.90. The van der Waals surface area contributed by atoms with Crippen LogP contribution in [-0.4, -0.2) is 19.6 Å². The molecule has 0 heterocycles. The Kier molecular flexibility index (Phi) is 7.34. The lowest BCUT2D eigenvalue weighted by atomic mass is 10.1. The lowest BCUT2D eigenvalue weighted by Crippen LogP contribution is -2.09. The number of anilines is 1. The summed E-state index contributed by atoms with van der Waals surface area (Å²) >= 11 is 5.95. The average molecular weight is 284 g/mol. The van der Waals surface area contributed by atoms with Gasteiger partial charge in [-0.15, -0.1) is 0 Å². The lowest BCUT2D eigenvalue weighted by molar-refractivity contribution is 0.0602. The number of hydrogen-bond acceptors (Lipinski definition) is 3. The zero-order valence-electron chi connectivity index (χ0n) is 11.7. The maximum Gasteiger partial charge on any atom is 0.339 e. The molecule has 0 unspecified atom stereocenters. The molecule has 0 aliphatic heterocycles. The number of halogens is 1. The molecule has 0 aromatic heterocycles. The van der Waals surface area contributed by atoms with Crippen LogP contribution in [0.5, 0.6) is 0 Å². The van der Waals surface area contributed by atoms with E-state index in [0.717, 1.165) is 18.7 Å². The largest absolute Gasteiger partial charge is 0.465 e. The molecule has 1 N–H and O–H groups in total. The SMILES string of the molecule is CCCCCCCNc1cc(Cl)ccc1C(=O)OC. The highest BCUT2D eigenvalue weighted by Crippen LogP contribution is 2.22. The topological polar surface area (TPSA) is 38.3 Å². The van der Waals surface area contributed by atoms with Crippen LogP contribution in [0.1, 0.15) is 49.4 Å². The molecule has 0 radical (unpaired) electrons. The van der Waals surface area contributed by atoms with Crippen molar-refractivity contribution < 1.29 is 9.53 Å². The van der Waals surface area contributed by atoms with Gasteiger partial charge >= 0.3 is 5.97 Å². The molecule has 0 amide bonds. The first-order chi connectivity index (χ1) is 9.19. The Balaban J connectivity index is 2.51. The van der Waals surface area contributed by atoms with E-state index in [9.17, 15) is 4.79 Å². The van der Waals surface area contributed by atoms with E-state index in [1.54, 1.807) is 18.2 Å². The molecule has 4 heteroatoms. The summed E-state index contributed by atoms with van der Waals surface area (Å²) in [6.07, 6.45) is 6.08. The van der Waals surface area contributed by atoms with Crippen molar-refractivity contribution in [2.75, 3.05) is 19.0 Å². The third-order valence-electron chi connectivity index (χ3n) is 2.98. The third kappa shape index (κ3) is 5.52. The fraction of sp³-hybridized carbons (Fsp3) is 0.533. The third-order valence-corrected chi connectivity index (χ3v) is 3.22. The number of carbonyl (C=O) groups is 1. The number of carbonyl (C=O) groups excluding carboxylic acids is 1. The van der Waals surface area contributed by atoms with Gasteiger partial charge in [-0.3, -0.25) is 0 Å². The molecule has 0 aliphatic carbocycles. The number of ether oxygens (including phenoxy) is 1. The molecule has 0 saturated carbocycles. The van der Waals surface area contributed by atoms with Crippen molar-refractivity contribution in [3.63, 3.8) is 0 Å². The number of benzene rings is 1. The summed E-state index contributed by atoms with van der Waals surface area (Å²) in [4.78, 5) is 11.6. The number of unbranched alkanes of at least 4 members (excludes halogenated alkanes) is 4. The second kappa shape index (κ2) is 8.81. The summed E-state index contributed by atoms with van der Waals surface area (Å²) in [6.45, 7) is 3.04. The molecule has 1 aromatic rings. The molecule has 0 spiro atoms. The summed E-state index contributed by atoms with van der Waals surface area (Å²) in [7, 11) is 1.38. The van der Waals surface area contributed by atoms with Crippen molar-refractivity contribution in [3.8, 4) is 0 Å². The Morgan fingerprint density at radius 3 is 2.68 bits per heavy atom. The van der Waals surface area contributed by atoms with Crippen LogP contribution in [0.25, 0.3) is 0 Å². The predicted octanol–water partition coefficient (Wildman–Crippen LogP) is 4.51. The average Bonchev–Trinajstić information content (AvgIpc) is 2.42. The number of esters is 1. The Morgan fingerprint density at radius 1 is 1.26 bits per heavy atom. The molecule has 1 rings (SSSR count). The van der Waals surface area contributed by atoms with Crippen LogP contribution < -0.4 is 5.32 Å². The van der Waals surface area contributed by atoms with Crippen molar-refractivity contribution in [1.82, 2.24) is 0 Å². The molecule has 0 bridgehead atoms. The molecule has 106 valence electrons. The Morgan fingerprint density at radius 2 is 2.00 bits per heavy atom. The van der Waals surface area contributed by atoms with Crippen molar-refractivity contribution in [1.29, 1.82) is 0 Å². The molecule has 0 saturated heterocycles. The van der Waals surface area contributed by atoms with Crippen molar-refractivity contribution >= 4 is 23.3 Å². The smallest absolute Gasteiger partial charge is 0.339 e. The van der Waals surface area contributed by atoms with Crippen LogP contribution in [-0.2, 0) is 4.74 Å². The summed E-state index contributed by atoms with van der Waals surface area (Å²) in [5.41, 5.74) is 1.27. The highest BCUT2D eigenvalue weighted by molar-refractivity contribution is 6.31. The molecule has 0 atom stereocenters. The second-order valence-corrected chi connectivity index (χ2v) is 4.96. The molecule has 0 fully saturated rings. The van der Waals surface area contributed by atoms with Gasteiger partial charge in [0.05, 0.1) is 18.4 Å². The van der Waals surface area contributed by atoms with E-state index in [-0.39, 0.29) is 5.97 Å². The number of rotatable bonds is 8. The van der Waals surface area contributed by atoms with Gasteiger partial charge in [-0.1, -0.05) is 44.2 Å². The summed E-state index contributed by atoms with van der Waals surface area (Å²) in [6, 6.07) is 5.15. The highest BCUT2D eigenvalue weighted by atomic mass is 35.5. The van der Waals surface area contributed by atoms with E-state index in [1.807, 2.05) is 0 Å². The maximum atomic E-state index is 11.6. The van der Waals surface area contributed by atoms with E-state index in [4.69, 9.17) is 16.3 Å². The van der Waals surface area contributed by atoms with Crippen LogP contribution in [0, 0.1) is 0 Å². The molecular formula is C15H22ClNO2. The van der Waals surface area contributed by atoms with Crippen LogP contribution in [0.3, 0.4) is 0 Å². The highest BCUT2D eigenvalue weighted by Gasteiger charge is 2.11. The molecule has 3 nitrogen and oxygen atoms in total. The van der Waals surface area contributed by atoms with Crippen molar-refractivity contribution in [2.24, 2.45) is 0 Å². The van der Waals surface area contributed by atoms with E-state index in [0.29, 0.717) is 10.6 Å². The minimum atomic E-state index is -0.342. The van der Waals surface area contributed by atoms with Crippen molar-refractivity contribution in [3.05, 3.63) is 28.8 Å². The fourth-order valence-corrected chi connectivity index (χ4v) is 2.07. The quantitative estimate of drug-likeness (QED) is 0.563. The molecule has 0 aliphatic rings. The standard InChI is InChI=1S/C15H22ClNO2/c1-3-4-5-6-7-10-17-14-11-12(16)8-9-13(14)15(18)19-2/h8-9,11,17H,3-7,10H2,1-2H3. The second-order valence-electron chi connectivity index (χ2n) is 4.52. The lowest BCUT2D eigenvalue weighted by Gasteiger charge is -2.11. The van der Waals surface area contributed by atoms with Gasteiger partial charge in [-0.05, 0) is 24.6 Å². The monoisotopic (exact) mass is 283 g/mol. The van der Waals surface area contributed by atoms with Gasteiger partial charge < -0.3 is 10.1 Å². The van der Waals surface area contributed by atoms with E-state index in [2.05, 4.69) is 12.2 Å². The number of hydrogen-bond donors (Lipinski definition) is 1. The van der Waals surface area contributed by atoms with Crippen LogP contribution in [0.2, 0.25) is 5.02 Å². The predicted molar refractivity (Wildman–Crippen MR) is 80.0 cm³/mol. The van der Waals surface area contributed by atoms with Gasteiger partial charge in [0.25, 0.3) is 0 Å². The minimum Gasteiger partial charge on any atom is -0.465 e. The first-order valence-electron chi connectivity index (χ1n) is 6.80. The summed E-state index contributed by atoms with van der Waals surface area (Å²) < 4.78 is 4.75. The van der Waals surface area contributed by atoms with Gasteiger partial charge in [0, 0.05) is 11.6 Å². The number of nitrogens with one attached hydrogen (secondary N) is 1. The molecule has 1 aromatic carbocycles. The van der Waals surface area contributed by atoms with Gasteiger partial charge in [0.2, 0.25) is 0 Å². The van der Waals surface area contributed by atoms with E-state index in [1.165, 1.54) is 32.8 Å². The zero-order valence-corrected chi connectivity index (χ0v) is 12.4. The molecular weight excluding hydrogens is 262 g/mol. The van der Waals surface area contributed by atoms with Crippen LogP contribution in [0.4, 0.5) is 5.69 Å². The maximum absolute atomic E-state index is 11.6. The zero-order chi connectivity index (χ0) is 14.1. The number of methoxy groups -OCH3 is 1. The molecule has 19 heavy (non-hydrogen) atoms. The van der Waals surface area contributed by atoms with E-state index < -0.39 is 0 Å². The van der Waals surface area contributed by atoms with Gasteiger partial charge in [-0.2, -0.15) is 0 Å².